The molecule has 0 fully saturated rings. The second-order valence-electron chi connectivity index (χ2n) is 7.91. The van der Waals surface area contributed by atoms with Crippen LogP contribution in [-0.2, 0) is 0 Å². The minimum atomic E-state index is -1.78. The van der Waals surface area contributed by atoms with E-state index in [0.29, 0.717) is 26.7 Å². The molecular formula is C23H29BrF2O2Si. The van der Waals surface area contributed by atoms with Crippen LogP contribution in [0.15, 0.2) is 40.9 Å². The SMILES string of the molecule is CC(C)[Si](C#Cc1ccc(F)c(O)c1)(C(C)C)C(C)C.Oc1cc(Br)ccc1F. The summed E-state index contributed by atoms with van der Waals surface area (Å²) in [6, 6.07) is 8.32. The highest BCUT2D eigenvalue weighted by Gasteiger charge is 2.41. The van der Waals surface area contributed by atoms with E-state index in [2.05, 4.69) is 68.9 Å². The third kappa shape index (κ3) is 6.58. The molecule has 2 aromatic carbocycles. The molecule has 0 aliphatic carbocycles. The average Bonchev–Trinajstić information content (AvgIpc) is 2.61. The van der Waals surface area contributed by atoms with Crippen molar-refractivity contribution in [3.05, 3.63) is 58.1 Å². The number of aromatic hydroxyl groups is 2. The van der Waals surface area contributed by atoms with Crippen LogP contribution in [0.5, 0.6) is 11.5 Å². The van der Waals surface area contributed by atoms with Gasteiger partial charge < -0.3 is 10.2 Å². The van der Waals surface area contributed by atoms with Gasteiger partial charge in [-0.15, -0.1) is 5.54 Å². The van der Waals surface area contributed by atoms with Crippen LogP contribution in [0.4, 0.5) is 8.78 Å². The van der Waals surface area contributed by atoms with Crippen LogP contribution in [0, 0.1) is 23.1 Å². The molecule has 0 aromatic heterocycles. The molecule has 29 heavy (non-hydrogen) atoms. The molecule has 0 saturated heterocycles. The first-order chi connectivity index (χ1) is 13.4. The molecular weight excluding hydrogens is 454 g/mol. The predicted molar refractivity (Wildman–Crippen MR) is 122 cm³/mol. The molecule has 0 bridgehead atoms. The van der Waals surface area contributed by atoms with Crippen molar-refractivity contribution in [2.24, 2.45) is 0 Å². The highest BCUT2D eigenvalue weighted by molar-refractivity contribution is 9.10. The Morgan fingerprint density at radius 3 is 1.62 bits per heavy atom. The van der Waals surface area contributed by atoms with Crippen molar-refractivity contribution in [1.29, 1.82) is 0 Å². The Balaban J connectivity index is 0.000000387. The number of phenols is 2. The van der Waals surface area contributed by atoms with E-state index in [1.165, 1.54) is 30.3 Å². The van der Waals surface area contributed by atoms with Crippen molar-refractivity contribution in [3.8, 4) is 23.0 Å². The maximum atomic E-state index is 13.1. The zero-order valence-electron chi connectivity index (χ0n) is 17.7. The van der Waals surface area contributed by atoms with Crippen molar-refractivity contribution >= 4 is 24.0 Å². The number of hydrogen-bond donors (Lipinski definition) is 2. The molecule has 0 spiro atoms. The van der Waals surface area contributed by atoms with Gasteiger partial charge in [0.1, 0.15) is 8.07 Å². The standard InChI is InChI=1S/C17H25FOSi.C6H4BrFO/c1-12(2)20(13(3)4,14(5)6)10-9-15-7-8-16(18)17(19)11-15;7-4-1-2-5(8)6(9)3-4/h7-8,11-14,19H,1-6H3;1-3,9H. The fourth-order valence-corrected chi connectivity index (χ4v) is 9.27. The van der Waals surface area contributed by atoms with Crippen molar-refractivity contribution in [1.82, 2.24) is 0 Å². The number of benzene rings is 2. The van der Waals surface area contributed by atoms with Gasteiger partial charge in [-0.05, 0) is 53.0 Å². The van der Waals surface area contributed by atoms with Gasteiger partial charge in [0.15, 0.2) is 23.1 Å². The summed E-state index contributed by atoms with van der Waals surface area (Å²) in [7, 11) is -1.78. The van der Waals surface area contributed by atoms with Gasteiger partial charge in [-0.25, -0.2) is 8.78 Å². The molecule has 0 aliphatic rings. The summed E-state index contributed by atoms with van der Waals surface area (Å²) in [5.74, 6) is 1.32. The largest absolute Gasteiger partial charge is 0.505 e. The lowest BCUT2D eigenvalue weighted by molar-refractivity contribution is 0.432. The maximum absolute atomic E-state index is 13.1. The van der Waals surface area contributed by atoms with Crippen LogP contribution in [0.3, 0.4) is 0 Å². The fraction of sp³-hybridized carbons (Fsp3) is 0.391. The van der Waals surface area contributed by atoms with Crippen LogP contribution in [0.25, 0.3) is 0 Å². The van der Waals surface area contributed by atoms with Gasteiger partial charge in [-0.2, -0.15) is 0 Å². The summed E-state index contributed by atoms with van der Waals surface area (Å²) in [6.45, 7) is 13.5. The van der Waals surface area contributed by atoms with E-state index in [1.54, 1.807) is 6.07 Å². The first-order valence-corrected chi connectivity index (χ1v) is 12.6. The minimum Gasteiger partial charge on any atom is -0.505 e. The van der Waals surface area contributed by atoms with E-state index in [0.717, 1.165) is 0 Å². The van der Waals surface area contributed by atoms with Crippen LogP contribution in [-0.4, -0.2) is 18.3 Å². The van der Waals surface area contributed by atoms with Gasteiger partial charge in [0.2, 0.25) is 0 Å². The lowest BCUT2D eigenvalue weighted by Crippen LogP contribution is -2.43. The maximum Gasteiger partial charge on any atom is 0.164 e. The topological polar surface area (TPSA) is 40.5 Å². The molecule has 2 N–H and O–H groups in total. The second-order valence-corrected chi connectivity index (χ2v) is 14.4. The van der Waals surface area contributed by atoms with Crippen LogP contribution < -0.4 is 0 Å². The Labute approximate surface area is 182 Å². The zero-order chi connectivity index (χ0) is 22.4. The van der Waals surface area contributed by atoms with E-state index in [1.807, 2.05) is 0 Å². The Morgan fingerprint density at radius 2 is 1.24 bits per heavy atom. The van der Waals surface area contributed by atoms with Crippen LogP contribution >= 0.6 is 15.9 Å². The molecule has 2 rings (SSSR count). The molecule has 0 heterocycles. The van der Waals surface area contributed by atoms with E-state index in [-0.39, 0.29) is 11.5 Å². The smallest absolute Gasteiger partial charge is 0.164 e. The normalized spacial score (nSPS) is 11.2. The van der Waals surface area contributed by atoms with Crippen LogP contribution in [0.1, 0.15) is 47.1 Å². The molecule has 2 aromatic rings. The number of hydrogen-bond acceptors (Lipinski definition) is 2. The zero-order valence-corrected chi connectivity index (χ0v) is 20.3. The van der Waals surface area contributed by atoms with Crippen molar-refractivity contribution in [3.63, 3.8) is 0 Å². The molecule has 0 unspecified atom stereocenters. The molecule has 0 atom stereocenters. The summed E-state index contributed by atoms with van der Waals surface area (Å²) >= 11 is 3.07. The first kappa shape index (κ1) is 25.2. The summed E-state index contributed by atoms with van der Waals surface area (Å²) in [5.41, 5.74) is 5.91. The Bertz CT molecular complexity index is 864. The highest BCUT2D eigenvalue weighted by Crippen LogP contribution is 2.40. The van der Waals surface area contributed by atoms with Crippen molar-refractivity contribution in [2.45, 2.75) is 58.2 Å². The Morgan fingerprint density at radius 1 is 0.793 bits per heavy atom. The van der Waals surface area contributed by atoms with Gasteiger partial charge in [-0.1, -0.05) is 63.4 Å². The number of halogens is 3. The molecule has 0 amide bonds. The summed E-state index contributed by atoms with van der Waals surface area (Å²) in [4.78, 5) is 0. The van der Waals surface area contributed by atoms with E-state index < -0.39 is 19.7 Å². The van der Waals surface area contributed by atoms with Gasteiger partial charge in [-0.3, -0.25) is 0 Å². The average molecular weight is 483 g/mol. The molecule has 0 aliphatic heterocycles. The van der Waals surface area contributed by atoms with Crippen molar-refractivity contribution < 1.29 is 19.0 Å². The number of phenolic OH excluding ortho intramolecular Hbond substituents is 2. The predicted octanol–water partition coefficient (Wildman–Crippen LogP) is 7.39. The summed E-state index contributed by atoms with van der Waals surface area (Å²) in [6.07, 6.45) is 0. The Hall–Kier alpha value is -1.84. The summed E-state index contributed by atoms with van der Waals surface area (Å²) in [5, 5.41) is 18.1. The molecule has 158 valence electrons. The van der Waals surface area contributed by atoms with E-state index in [9.17, 15) is 13.9 Å². The lowest BCUT2D eigenvalue weighted by atomic mass is 10.2. The minimum absolute atomic E-state index is 0.329. The quantitative estimate of drug-likeness (QED) is 0.353. The van der Waals surface area contributed by atoms with E-state index >= 15 is 0 Å². The fourth-order valence-electron chi connectivity index (χ4n) is 3.69. The second kappa shape index (κ2) is 10.8. The van der Waals surface area contributed by atoms with Gasteiger partial charge in [0, 0.05) is 10.0 Å². The third-order valence-corrected chi connectivity index (χ3v) is 11.9. The highest BCUT2D eigenvalue weighted by atomic mass is 79.9. The molecule has 0 radical (unpaired) electrons. The molecule has 0 saturated carbocycles. The van der Waals surface area contributed by atoms with Gasteiger partial charge >= 0.3 is 0 Å². The third-order valence-electron chi connectivity index (χ3n) is 5.14. The van der Waals surface area contributed by atoms with Gasteiger partial charge in [0.05, 0.1) is 0 Å². The van der Waals surface area contributed by atoms with Crippen LogP contribution in [0.2, 0.25) is 16.6 Å². The molecule has 6 heteroatoms. The Kier molecular flexibility index (Phi) is 9.38. The summed E-state index contributed by atoms with van der Waals surface area (Å²) < 4.78 is 26.0. The first-order valence-electron chi connectivity index (χ1n) is 9.57. The van der Waals surface area contributed by atoms with E-state index in [4.69, 9.17) is 5.11 Å². The van der Waals surface area contributed by atoms with Gasteiger partial charge in [0.25, 0.3) is 0 Å². The lowest BCUT2D eigenvalue weighted by Gasteiger charge is -2.38. The monoisotopic (exact) mass is 482 g/mol. The number of rotatable bonds is 3. The molecule has 2 nitrogen and oxygen atoms in total. The van der Waals surface area contributed by atoms with Crippen molar-refractivity contribution in [2.75, 3.05) is 0 Å².